The summed E-state index contributed by atoms with van der Waals surface area (Å²) >= 11 is 0. The maximum atomic E-state index is 13.7. The Morgan fingerprint density at radius 2 is 2.00 bits per heavy atom. The van der Waals surface area contributed by atoms with Crippen LogP contribution in [0.5, 0.6) is 0 Å². The lowest BCUT2D eigenvalue weighted by molar-refractivity contribution is -0.142. The van der Waals surface area contributed by atoms with Crippen molar-refractivity contribution in [3.8, 4) is 11.3 Å². The summed E-state index contributed by atoms with van der Waals surface area (Å²) in [5.74, 6) is -0.517. The molecule has 1 aromatic carbocycles. The summed E-state index contributed by atoms with van der Waals surface area (Å²) in [6, 6.07) is 7.92. The molecule has 9 heteroatoms. The Morgan fingerprint density at radius 1 is 1.26 bits per heavy atom. The number of carbonyl (C=O) groups is 1. The van der Waals surface area contributed by atoms with Crippen LogP contribution in [0, 0.1) is 12.8 Å². The van der Waals surface area contributed by atoms with E-state index in [4.69, 9.17) is 4.74 Å². The first-order valence-electron chi connectivity index (χ1n) is 10.1. The lowest BCUT2D eigenvalue weighted by atomic mass is 10.00. The molecule has 0 spiro atoms. The third-order valence-corrected chi connectivity index (χ3v) is 5.50. The fraction of sp³-hybridized carbons (Fsp3) is 0.409. The number of piperidine rings is 1. The first-order chi connectivity index (χ1) is 14.7. The van der Waals surface area contributed by atoms with Crippen molar-refractivity contribution in [2.75, 3.05) is 26.7 Å². The third kappa shape index (κ3) is 4.56. The number of fused-ring (bicyclic) bond motifs is 1. The van der Waals surface area contributed by atoms with Crippen molar-refractivity contribution in [3.05, 3.63) is 53.3 Å². The molecule has 1 saturated heterocycles. The number of rotatable bonds is 4. The molecule has 4 rings (SSSR count). The van der Waals surface area contributed by atoms with Gasteiger partial charge in [0, 0.05) is 18.0 Å². The van der Waals surface area contributed by atoms with E-state index in [0.717, 1.165) is 43.8 Å². The minimum absolute atomic E-state index is 0.0800. The highest BCUT2D eigenvalue weighted by Crippen LogP contribution is 2.33. The predicted molar refractivity (Wildman–Crippen MR) is 109 cm³/mol. The van der Waals surface area contributed by atoms with E-state index >= 15 is 0 Å². The number of aromatic nitrogens is 3. The largest absolute Gasteiger partial charge is 0.462 e. The summed E-state index contributed by atoms with van der Waals surface area (Å²) in [4.78, 5) is 19.2. The van der Waals surface area contributed by atoms with Crippen LogP contribution in [0.25, 0.3) is 16.9 Å². The van der Waals surface area contributed by atoms with Crippen LogP contribution in [0.2, 0.25) is 0 Å². The van der Waals surface area contributed by atoms with E-state index in [-0.39, 0.29) is 29.4 Å². The van der Waals surface area contributed by atoms with Crippen molar-refractivity contribution in [2.45, 2.75) is 25.9 Å². The number of hydrogen-bond acceptors (Lipinski definition) is 5. The van der Waals surface area contributed by atoms with Gasteiger partial charge < -0.3 is 9.64 Å². The van der Waals surface area contributed by atoms with Gasteiger partial charge in [0.2, 0.25) is 0 Å². The zero-order valence-electron chi connectivity index (χ0n) is 17.3. The standard InChI is InChI=1S/C22H23F3N4O2/c1-14-5-7-16(8-6-14)18-10-19(22(23,24)25)29-20(27-18)17(11-26-29)21(30)31-13-15-4-3-9-28(2)12-15/h5-8,10-11,15H,3-4,9,12-13H2,1-2H3. The molecule has 2 aromatic heterocycles. The number of likely N-dealkylation sites (tertiary alicyclic amines) is 1. The summed E-state index contributed by atoms with van der Waals surface area (Å²) < 4.78 is 47.2. The molecule has 164 valence electrons. The highest BCUT2D eigenvalue weighted by atomic mass is 19.4. The number of benzene rings is 1. The number of aryl methyl sites for hydroxylation is 1. The molecule has 0 N–H and O–H groups in total. The molecular formula is C22H23F3N4O2. The summed E-state index contributed by atoms with van der Waals surface area (Å²) in [5, 5.41) is 3.79. The Hall–Kier alpha value is -2.94. The van der Waals surface area contributed by atoms with Gasteiger partial charge >= 0.3 is 12.1 Å². The van der Waals surface area contributed by atoms with Gasteiger partial charge in [-0.1, -0.05) is 29.8 Å². The van der Waals surface area contributed by atoms with E-state index < -0.39 is 17.8 Å². The highest BCUT2D eigenvalue weighted by molar-refractivity contribution is 5.96. The molecule has 0 radical (unpaired) electrons. The van der Waals surface area contributed by atoms with E-state index in [2.05, 4.69) is 15.0 Å². The Morgan fingerprint density at radius 3 is 2.68 bits per heavy atom. The predicted octanol–water partition coefficient (Wildman–Crippen LogP) is 4.22. The van der Waals surface area contributed by atoms with Gasteiger partial charge in [0.1, 0.15) is 5.56 Å². The number of esters is 1. The number of hydrogen-bond donors (Lipinski definition) is 0. The molecule has 1 aliphatic rings. The average Bonchev–Trinajstić information content (AvgIpc) is 3.15. The minimum atomic E-state index is -4.67. The first-order valence-corrected chi connectivity index (χ1v) is 10.1. The Labute approximate surface area is 177 Å². The molecule has 6 nitrogen and oxygen atoms in total. The number of alkyl halides is 3. The summed E-state index contributed by atoms with van der Waals surface area (Å²) in [6.45, 7) is 3.92. The second-order valence-electron chi connectivity index (χ2n) is 8.05. The molecule has 1 aliphatic heterocycles. The van der Waals surface area contributed by atoms with E-state index in [1.54, 1.807) is 24.3 Å². The molecule has 0 aliphatic carbocycles. The number of nitrogens with zero attached hydrogens (tertiary/aromatic N) is 4. The zero-order valence-corrected chi connectivity index (χ0v) is 17.3. The smallest absolute Gasteiger partial charge is 0.433 e. The van der Waals surface area contributed by atoms with Gasteiger partial charge in [-0.25, -0.2) is 14.3 Å². The minimum Gasteiger partial charge on any atom is -0.462 e. The van der Waals surface area contributed by atoms with Crippen molar-refractivity contribution in [1.29, 1.82) is 0 Å². The van der Waals surface area contributed by atoms with E-state index in [0.29, 0.717) is 10.1 Å². The maximum Gasteiger partial charge on any atom is 0.433 e. The molecule has 31 heavy (non-hydrogen) atoms. The van der Waals surface area contributed by atoms with Gasteiger partial charge in [0.05, 0.1) is 18.5 Å². The normalized spacial score (nSPS) is 17.8. The molecule has 0 saturated carbocycles. The van der Waals surface area contributed by atoms with Gasteiger partial charge in [0.25, 0.3) is 0 Å². The Bertz CT molecular complexity index is 1090. The van der Waals surface area contributed by atoms with Crippen molar-refractivity contribution in [1.82, 2.24) is 19.5 Å². The molecule has 3 heterocycles. The van der Waals surface area contributed by atoms with E-state index in [1.807, 2.05) is 14.0 Å². The monoisotopic (exact) mass is 432 g/mol. The summed E-state index contributed by atoms with van der Waals surface area (Å²) in [6.07, 6.45) is -1.61. The Balaban J connectivity index is 1.68. The quantitative estimate of drug-likeness (QED) is 0.578. The number of ether oxygens (including phenoxy) is 1. The van der Waals surface area contributed by atoms with Crippen molar-refractivity contribution in [2.24, 2.45) is 5.92 Å². The van der Waals surface area contributed by atoms with E-state index in [9.17, 15) is 18.0 Å². The van der Waals surface area contributed by atoms with Crippen LogP contribution >= 0.6 is 0 Å². The second-order valence-corrected chi connectivity index (χ2v) is 8.05. The molecule has 1 atom stereocenters. The molecule has 0 amide bonds. The molecule has 3 aromatic rings. The Kier molecular flexibility index (Phi) is 5.70. The van der Waals surface area contributed by atoms with Gasteiger partial charge in [-0.2, -0.15) is 18.3 Å². The van der Waals surface area contributed by atoms with Crippen molar-refractivity contribution < 1.29 is 22.7 Å². The fourth-order valence-corrected chi connectivity index (χ4v) is 3.86. The van der Waals surface area contributed by atoms with Gasteiger partial charge in [-0.15, -0.1) is 0 Å². The zero-order chi connectivity index (χ0) is 22.2. The maximum absolute atomic E-state index is 13.7. The van der Waals surface area contributed by atoms with Crippen molar-refractivity contribution >= 4 is 11.6 Å². The van der Waals surface area contributed by atoms with Crippen LogP contribution < -0.4 is 0 Å². The molecule has 1 unspecified atom stereocenters. The van der Waals surface area contributed by atoms with Crippen LogP contribution in [0.1, 0.15) is 34.5 Å². The van der Waals surface area contributed by atoms with Crippen LogP contribution in [-0.4, -0.2) is 52.2 Å². The summed E-state index contributed by atoms with van der Waals surface area (Å²) in [7, 11) is 2.01. The lowest BCUT2D eigenvalue weighted by Crippen LogP contribution is -2.34. The van der Waals surface area contributed by atoms with Crippen LogP contribution in [0.3, 0.4) is 0 Å². The fourth-order valence-electron chi connectivity index (χ4n) is 3.86. The SMILES string of the molecule is Cc1ccc(-c2cc(C(F)(F)F)n3ncc(C(=O)OCC4CCCN(C)C4)c3n2)cc1. The highest BCUT2D eigenvalue weighted by Gasteiger charge is 2.36. The third-order valence-electron chi connectivity index (χ3n) is 5.50. The van der Waals surface area contributed by atoms with E-state index in [1.165, 1.54) is 0 Å². The van der Waals surface area contributed by atoms with Gasteiger partial charge in [0.15, 0.2) is 11.3 Å². The lowest BCUT2D eigenvalue weighted by Gasteiger charge is -2.29. The average molecular weight is 432 g/mol. The van der Waals surface area contributed by atoms with Crippen molar-refractivity contribution in [3.63, 3.8) is 0 Å². The van der Waals surface area contributed by atoms with Crippen LogP contribution in [0.15, 0.2) is 36.5 Å². The summed E-state index contributed by atoms with van der Waals surface area (Å²) in [5.41, 5.74) is 0.358. The number of carbonyl (C=O) groups excluding carboxylic acids is 1. The molecular weight excluding hydrogens is 409 g/mol. The van der Waals surface area contributed by atoms with Crippen LogP contribution in [-0.2, 0) is 10.9 Å². The van der Waals surface area contributed by atoms with Gasteiger partial charge in [-0.05, 0) is 39.4 Å². The topological polar surface area (TPSA) is 59.7 Å². The molecule has 0 bridgehead atoms. The first kappa shape index (κ1) is 21.3. The molecule has 1 fully saturated rings. The second kappa shape index (κ2) is 8.30. The number of halogens is 3. The van der Waals surface area contributed by atoms with Crippen LogP contribution in [0.4, 0.5) is 13.2 Å². The van der Waals surface area contributed by atoms with Gasteiger partial charge in [-0.3, -0.25) is 0 Å².